The molecule has 0 saturated carbocycles. The van der Waals surface area contributed by atoms with Crippen LogP contribution < -0.4 is 5.32 Å². The zero-order valence-corrected chi connectivity index (χ0v) is 12.8. The molecule has 0 saturated heterocycles. The van der Waals surface area contributed by atoms with E-state index in [1.165, 1.54) is 3.57 Å². The van der Waals surface area contributed by atoms with E-state index in [-0.39, 0.29) is 0 Å². The third kappa shape index (κ3) is 3.81. The van der Waals surface area contributed by atoms with Gasteiger partial charge in [-0.15, -0.1) is 0 Å². The minimum Gasteiger partial charge on any atom is -0.441 e. The molecule has 0 aliphatic rings. The molecule has 1 heterocycles. The topological polar surface area (TPSA) is 38.1 Å². The molecule has 3 nitrogen and oxygen atoms in total. The molecule has 1 aromatic carbocycles. The highest BCUT2D eigenvalue weighted by atomic mass is 127. The van der Waals surface area contributed by atoms with Gasteiger partial charge in [-0.05, 0) is 34.7 Å². The molecule has 4 heteroatoms. The van der Waals surface area contributed by atoms with Crippen molar-refractivity contribution in [2.75, 3.05) is 6.54 Å². The van der Waals surface area contributed by atoms with Gasteiger partial charge in [0.15, 0.2) is 11.7 Å². The first-order valence-corrected chi connectivity index (χ1v) is 7.17. The average Bonchev–Trinajstić information content (AvgIpc) is 2.77. The fourth-order valence-corrected chi connectivity index (χ4v) is 2.21. The molecular formula is C14H17IN2O. The van der Waals surface area contributed by atoms with Gasteiger partial charge in [-0.3, -0.25) is 0 Å². The number of benzene rings is 1. The predicted molar refractivity (Wildman–Crippen MR) is 81.5 cm³/mol. The largest absolute Gasteiger partial charge is 0.441 e. The molecule has 0 aliphatic heterocycles. The Bertz CT molecular complexity index is 508. The summed E-state index contributed by atoms with van der Waals surface area (Å²) in [6.07, 6.45) is 2.62. The Hall–Kier alpha value is -0.880. The highest BCUT2D eigenvalue weighted by Crippen LogP contribution is 2.22. The first-order valence-electron chi connectivity index (χ1n) is 6.09. The second-order valence-electron chi connectivity index (χ2n) is 4.49. The Morgan fingerprint density at radius 3 is 2.94 bits per heavy atom. The van der Waals surface area contributed by atoms with Crippen LogP contribution in [0.2, 0.25) is 0 Å². The summed E-state index contributed by atoms with van der Waals surface area (Å²) in [6, 6.07) is 8.72. The van der Waals surface area contributed by atoms with Gasteiger partial charge in [0.05, 0.1) is 6.20 Å². The maximum atomic E-state index is 5.75. The predicted octanol–water partition coefficient (Wildman–Crippen LogP) is 3.49. The summed E-state index contributed by atoms with van der Waals surface area (Å²) in [4.78, 5) is 4.31. The Balaban J connectivity index is 2.02. The zero-order valence-electron chi connectivity index (χ0n) is 10.6. The van der Waals surface area contributed by atoms with E-state index < -0.39 is 0 Å². The number of nitrogens with one attached hydrogen (secondary N) is 1. The number of halogens is 1. The molecule has 2 aromatic rings. The Kier molecular flexibility index (Phi) is 4.77. The molecule has 0 radical (unpaired) electrons. The smallest absolute Gasteiger partial charge is 0.196 e. The maximum Gasteiger partial charge on any atom is 0.196 e. The van der Waals surface area contributed by atoms with Crippen molar-refractivity contribution in [3.8, 4) is 11.3 Å². The average molecular weight is 356 g/mol. The van der Waals surface area contributed by atoms with Crippen molar-refractivity contribution in [2.24, 2.45) is 0 Å². The lowest BCUT2D eigenvalue weighted by Crippen LogP contribution is -2.24. The van der Waals surface area contributed by atoms with Crippen LogP contribution in [0.3, 0.4) is 0 Å². The highest BCUT2D eigenvalue weighted by molar-refractivity contribution is 14.1. The standard InChI is InChI=1S/C14H17IN2O/c1-10(2)16-7-6-14-17-9-13(18-14)11-4-3-5-12(15)8-11/h3-5,8-10,16H,6-7H2,1-2H3. The third-order valence-corrected chi connectivity index (χ3v) is 3.23. The van der Waals surface area contributed by atoms with Crippen LogP contribution >= 0.6 is 22.6 Å². The van der Waals surface area contributed by atoms with E-state index >= 15 is 0 Å². The molecule has 0 aliphatic carbocycles. The van der Waals surface area contributed by atoms with E-state index in [0.29, 0.717) is 6.04 Å². The lowest BCUT2D eigenvalue weighted by Gasteiger charge is -2.05. The Morgan fingerprint density at radius 1 is 1.39 bits per heavy atom. The van der Waals surface area contributed by atoms with Gasteiger partial charge in [-0.25, -0.2) is 4.98 Å². The van der Waals surface area contributed by atoms with E-state index in [9.17, 15) is 0 Å². The van der Waals surface area contributed by atoms with Crippen molar-refractivity contribution in [2.45, 2.75) is 26.3 Å². The van der Waals surface area contributed by atoms with Gasteiger partial charge in [0, 0.05) is 28.1 Å². The van der Waals surface area contributed by atoms with E-state index in [4.69, 9.17) is 4.42 Å². The summed E-state index contributed by atoms with van der Waals surface area (Å²) in [7, 11) is 0. The second-order valence-corrected chi connectivity index (χ2v) is 5.73. The van der Waals surface area contributed by atoms with Crippen LogP contribution in [0.5, 0.6) is 0 Å². The van der Waals surface area contributed by atoms with Crippen LogP contribution in [0, 0.1) is 3.57 Å². The van der Waals surface area contributed by atoms with Crippen LogP contribution in [0.4, 0.5) is 0 Å². The van der Waals surface area contributed by atoms with E-state index in [0.717, 1.165) is 30.2 Å². The SMILES string of the molecule is CC(C)NCCc1ncc(-c2cccc(I)c2)o1. The number of aromatic nitrogens is 1. The molecule has 0 amide bonds. The Morgan fingerprint density at radius 2 is 2.22 bits per heavy atom. The van der Waals surface area contributed by atoms with Gasteiger partial charge in [0.1, 0.15) is 0 Å². The molecule has 0 atom stereocenters. The van der Waals surface area contributed by atoms with Gasteiger partial charge < -0.3 is 9.73 Å². The van der Waals surface area contributed by atoms with Crippen LogP contribution in [0.1, 0.15) is 19.7 Å². The van der Waals surface area contributed by atoms with E-state index in [1.807, 2.05) is 12.1 Å². The third-order valence-electron chi connectivity index (χ3n) is 2.55. The molecule has 1 aromatic heterocycles. The molecule has 18 heavy (non-hydrogen) atoms. The van der Waals surface area contributed by atoms with Crippen molar-refractivity contribution in [1.82, 2.24) is 10.3 Å². The second kappa shape index (κ2) is 6.33. The summed E-state index contributed by atoms with van der Waals surface area (Å²) in [5, 5.41) is 3.35. The van der Waals surface area contributed by atoms with Crippen LogP contribution in [0.15, 0.2) is 34.9 Å². The fourth-order valence-electron chi connectivity index (χ4n) is 1.67. The first kappa shape index (κ1) is 13.5. The van der Waals surface area contributed by atoms with E-state index in [2.05, 4.69) is 58.9 Å². The Labute approximate surface area is 121 Å². The van der Waals surface area contributed by atoms with Gasteiger partial charge in [0.25, 0.3) is 0 Å². The van der Waals surface area contributed by atoms with Crippen molar-refractivity contribution < 1.29 is 4.42 Å². The van der Waals surface area contributed by atoms with Gasteiger partial charge in [-0.1, -0.05) is 26.0 Å². The number of nitrogens with zero attached hydrogens (tertiary/aromatic N) is 1. The number of hydrogen-bond donors (Lipinski definition) is 1. The monoisotopic (exact) mass is 356 g/mol. The molecule has 0 fully saturated rings. The van der Waals surface area contributed by atoms with Crippen LogP contribution in [-0.2, 0) is 6.42 Å². The molecular weight excluding hydrogens is 339 g/mol. The van der Waals surface area contributed by atoms with Gasteiger partial charge in [-0.2, -0.15) is 0 Å². The summed E-state index contributed by atoms with van der Waals surface area (Å²) >= 11 is 2.30. The van der Waals surface area contributed by atoms with Crippen molar-refractivity contribution in [3.63, 3.8) is 0 Å². The molecule has 0 spiro atoms. The van der Waals surface area contributed by atoms with Crippen molar-refractivity contribution in [3.05, 3.63) is 39.9 Å². The molecule has 2 rings (SSSR count). The van der Waals surface area contributed by atoms with Crippen LogP contribution in [0.25, 0.3) is 11.3 Å². The van der Waals surface area contributed by atoms with Crippen molar-refractivity contribution in [1.29, 1.82) is 0 Å². The minimum atomic E-state index is 0.495. The summed E-state index contributed by atoms with van der Waals surface area (Å²) in [6.45, 7) is 5.16. The van der Waals surface area contributed by atoms with Gasteiger partial charge in [0.2, 0.25) is 0 Å². The summed E-state index contributed by atoms with van der Waals surface area (Å²) in [5.74, 6) is 1.63. The quantitative estimate of drug-likeness (QED) is 0.834. The van der Waals surface area contributed by atoms with Gasteiger partial charge >= 0.3 is 0 Å². The number of oxazole rings is 1. The summed E-state index contributed by atoms with van der Waals surface area (Å²) in [5.41, 5.74) is 1.08. The zero-order chi connectivity index (χ0) is 13.0. The minimum absolute atomic E-state index is 0.495. The maximum absolute atomic E-state index is 5.75. The molecule has 0 bridgehead atoms. The van der Waals surface area contributed by atoms with Crippen LogP contribution in [-0.4, -0.2) is 17.6 Å². The fraction of sp³-hybridized carbons (Fsp3) is 0.357. The van der Waals surface area contributed by atoms with Crippen molar-refractivity contribution >= 4 is 22.6 Å². The highest BCUT2D eigenvalue weighted by Gasteiger charge is 2.06. The number of hydrogen-bond acceptors (Lipinski definition) is 3. The first-order chi connectivity index (χ1) is 8.65. The molecule has 96 valence electrons. The normalized spacial score (nSPS) is 11.1. The van der Waals surface area contributed by atoms with E-state index in [1.54, 1.807) is 6.20 Å². The number of rotatable bonds is 5. The lowest BCUT2D eigenvalue weighted by atomic mass is 10.2. The molecule has 1 N–H and O–H groups in total. The molecule has 0 unspecified atom stereocenters. The summed E-state index contributed by atoms with van der Waals surface area (Å²) < 4.78 is 6.95. The lowest BCUT2D eigenvalue weighted by molar-refractivity contribution is 0.484.